The molecule has 5 N–H and O–H groups in total. The monoisotopic (exact) mass is 812 g/mol. The van der Waals surface area contributed by atoms with Gasteiger partial charge in [0.15, 0.2) is 29.2 Å². The van der Waals surface area contributed by atoms with Gasteiger partial charge in [-0.05, 0) is 24.1 Å². The smallest absolute Gasteiger partial charge is 0.330 e. The summed E-state index contributed by atoms with van der Waals surface area (Å²) in [5, 5.41) is 13.0. The summed E-state index contributed by atoms with van der Waals surface area (Å²) >= 11 is 0. The predicted molar refractivity (Wildman–Crippen MR) is 184 cm³/mol. The van der Waals surface area contributed by atoms with E-state index in [9.17, 15) is 33.6 Å². The molecule has 3 aromatic heterocycles. The Bertz CT molecular complexity index is 2190. The molecule has 55 heavy (non-hydrogen) atoms. The Labute approximate surface area is 311 Å². The lowest BCUT2D eigenvalue weighted by molar-refractivity contribution is -0.237. The topological polar surface area (TPSA) is 311 Å². The van der Waals surface area contributed by atoms with E-state index < -0.39 is 83.0 Å². The number of aliphatic hydroxyl groups is 1. The second kappa shape index (κ2) is 17.0. The summed E-state index contributed by atoms with van der Waals surface area (Å²) in [6.45, 7) is -1.59. The molecule has 300 valence electrons. The molecule has 9 atom stereocenters. The number of hydrogen-bond acceptors (Lipinski definition) is 19. The van der Waals surface area contributed by atoms with Gasteiger partial charge in [-0.25, -0.2) is 19.7 Å². The molecule has 2 saturated heterocycles. The van der Waals surface area contributed by atoms with E-state index in [2.05, 4.69) is 25.0 Å². The molecule has 2 aliphatic rings. The number of rotatable bonds is 17. The highest BCUT2D eigenvalue weighted by molar-refractivity contribution is 7.49. The van der Waals surface area contributed by atoms with Crippen LogP contribution in [0.4, 0.5) is 5.82 Å². The molecule has 9 unspecified atom stereocenters. The number of anilines is 1. The molecule has 0 aliphatic carbocycles. The van der Waals surface area contributed by atoms with Crippen molar-refractivity contribution < 1.29 is 61.3 Å². The number of H-pyrrole nitrogens is 1. The van der Waals surface area contributed by atoms with Crippen molar-refractivity contribution >= 4 is 32.6 Å². The Morgan fingerprint density at radius 3 is 2.49 bits per heavy atom. The molecular weight excluding hydrogens is 774 g/mol. The van der Waals surface area contributed by atoms with Gasteiger partial charge in [-0.2, -0.15) is 0 Å². The van der Waals surface area contributed by atoms with Crippen LogP contribution in [0.25, 0.3) is 11.2 Å². The van der Waals surface area contributed by atoms with Crippen molar-refractivity contribution in [2.75, 3.05) is 46.8 Å². The lowest BCUT2D eigenvalue weighted by Crippen LogP contribution is -2.41. The number of fused-ring (bicyclic) bond motifs is 1. The lowest BCUT2D eigenvalue weighted by atomic mass is 10.1. The molecule has 25 heteroatoms. The van der Waals surface area contributed by atoms with Gasteiger partial charge in [-0.1, -0.05) is 6.07 Å². The molecule has 23 nitrogen and oxygen atoms in total. The molecule has 0 saturated carbocycles. The summed E-state index contributed by atoms with van der Waals surface area (Å²) in [6, 6.07) is 6.10. The first kappa shape index (κ1) is 40.6. The van der Waals surface area contributed by atoms with Gasteiger partial charge in [-0.3, -0.25) is 33.1 Å². The van der Waals surface area contributed by atoms with Gasteiger partial charge in [-0.15, -0.1) is 0 Å². The van der Waals surface area contributed by atoms with Crippen LogP contribution in [0.5, 0.6) is 11.5 Å². The van der Waals surface area contributed by atoms with E-state index in [-0.39, 0.29) is 25.2 Å². The van der Waals surface area contributed by atoms with Gasteiger partial charge in [0.1, 0.15) is 42.5 Å². The molecule has 2 fully saturated rings. The summed E-state index contributed by atoms with van der Waals surface area (Å²) < 4.78 is 72.0. The maximum atomic E-state index is 13.3. The summed E-state index contributed by atoms with van der Waals surface area (Å²) in [5.74, 6) is 1.08. The van der Waals surface area contributed by atoms with Crippen LogP contribution in [0.1, 0.15) is 24.4 Å². The molecular formula is C30H38N8O15P2-2. The zero-order valence-corrected chi connectivity index (χ0v) is 31.3. The van der Waals surface area contributed by atoms with E-state index in [4.69, 9.17) is 43.0 Å². The number of aromatic nitrogens is 6. The maximum Gasteiger partial charge on any atom is 0.330 e. The first-order valence-corrected chi connectivity index (χ1v) is 19.5. The quantitative estimate of drug-likeness (QED) is 0.0903. The minimum Gasteiger partial charge on any atom is -0.766 e. The van der Waals surface area contributed by atoms with Crippen LogP contribution in [-0.4, -0.2) is 106 Å². The van der Waals surface area contributed by atoms with Crippen molar-refractivity contribution in [1.29, 1.82) is 0 Å². The molecule has 0 amide bonds. The minimum absolute atomic E-state index is 0.0161. The summed E-state index contributed by atoms with van der Waals surface area (Å²) in [4.78, 5) is 64.8. The number of imidazole rings is 1. The van der Waals surface area contributed by atoms with E-state index in [1.54, 1.807) is 18.2 Å². The number of methoxy groups -OCH3 is 3. The van der Waals surface area contributed by atoms with Crippen molar-refractivity contribution in [2.45, 2.75) is 55.8 Å². The molecule has 6 rings (SSSR count). The molecule has 1 aromatic carbocycles. The van der Waals surface area contributed by atoms with E-state index >= 15 is 0 Å². The Kier molecular flexibility index (Phi) is 12.5. The van der Waals surface area contributed by atoms with Crippen LogP contribution < -0.4 is 41.3 Å². The van der Waals surface area contributed by atoms with Crippen LogP contribution in [0.2, 0.25) is 0 Å². The highest BCUT2D eigenvalue weighted by Crippen LogP contribution is 2.47. The summed E-state index contributed by atoms with van der Waals surface area (Å²) in [6.07, 6.45) is -5.19. The molecule has 4 aromatic rings. The third-order valence-corrected chi connectivity index (χ3v) is 10.9. The number of aromatic amines is 1. The van der Waals surface area contributed by atoms with Crippen molar-refractivity contribution in [3.63, 3.8) is 0 Å². The highest BCUT2D eigenvalue weighted by atomic mass is 31.2. The van der Waals surface area contributed by atoms with Crippen LogP contribution in [0, 0.1) is 0 Å². The van der Waals surface area contributed by atoms with Gasteiger partial charge in [0, 0.05) is 32.3 Å². The van der Waals surface area contributed by atoms with E-state index in [1.807, 2.05) is 0 Å². The average molecular weight is 813 g/mol. The fourth-order valence-electron chi connectivity index (χ4n) is 6.12. The number of nitrogens with zero attached hydrogens (tertiary/aromatic N) is 5. The SMILES string of the molecule is COc1ccc(CCNP(=O)([O-])OCC2OC(n3ccc(=O)[nH]c3=O)C(OC)C2OP(=O)([O-])OCC2OC(n3cnc4c(N)ncnc43)CC2O)cc1OC. The van der Waals surface area contributed by atoms with E-state index in [0.29, 0.717) is 22.7 Å². The Morgan fingerprint density at radius 1 is 1.00 bits per heavy atom. The highest BCUT2D eigenvalue weighted by Gasteiger charge is 2.49. The maximum absolute atomic E-state index is 13.3. The number of ether oxygens (including phenoxy) is 5. The van der Waals surface area contributed by atoms with Crippen LogP contribution >= 0.6 is 15.6 Å². The van der Waals surface area contributed by atoms with Crippen LogP contribution in [0.3, 0.4) is 0 Å². The molecule has 0 bridgehead atoms. The molecule has 0 radical (unpaired) electrons. The number of benzene rings is 1. The van der Waals surface area contributed by atoms with Gasteiger partial charge < -0.3 is 57.9 Å². The summed E-state index contributed by atoms with van der Waals surface area (Å²) in [7, 11) is -6.02. The second-order valence-corrected chi connectivity index (χ2v) is 15.2. The van der Waals surface area contributed by atoms with Crippen molar-refractivity contribution in [2.24, 2.45) is 0 Å². The lowest BCUT2D eigenvalue weighted by Gasteiger charge is -2.32. The second-order valence-electron chi connectivity index (χ2n) is 12.3. The Hall–Kier alpha value is -4.09. The zero-order valence-electron chi connectivity index (χ0n) is 29.5. The van der Waals surface area contributed by atoms with Gasteiger partial charge in [0.05, 0.1) is 39.9 Å². The molecule has 0 spiro atoms. The van der Waals surface area contributed by atoms with Gasteiger partial charge >= 0.3 is 5.69 Å². The van der Waals surface area contributed by atoms with E-state index in [1.165, 1.54) is 38.6 Å². The Balaban J connectivity index is 1.12. The fourth-order valence-corrected chi connectivity index (χ4v) is 7.89. The van der Waals surface area contributed by atoms with Crippen LogP contribution in [0.15, 0.2) is 52.7 Å². The molecule has 2 aliphatic heterocycles. The molecule has 5 heterocycles. The predicted octanol–water partition coefficient (Wildman–Crippen LogP) is -1.28. The third-order valence-electron chi connectivity index (χ3n) is 8.81. The number of nitrogens with one attached hydrogen (secondary N) is 2. The normalized spacial score (nSPS) is 26.2. The third kappa shape index (κ3) is 9.31. The largest absolute Gasteiger partial charge is 0.766 e. The number of phosphoric acid groups is 1. The number of nitrogens with two attached hydrogens (primary N) is 1. The summed E-state index contributed by atoms with van der Waals surface area (Å²) in [5.41, 5.74) is 5.56. The zero-order chi connectivity index (χ0) is 39.5. The van der Waals surface area contributed by atoms with Crippen molar-refractivity contribution in [3.05, 3.63) is 69.5 Å². The van der Waals surface area contributed by atoms with Gasteiger partial charge in [0.25, 0.3) is 13.4 Å². The minimum atomic E-state index is -5.34. The van der Waals surface area contributed by atoms with Gasteiger partial charge in [0.2, 0.25) is 7.75 Å². The van der Waals surface area contributed by atoms with Crippen LogP contribution in [-0.2, 0) is 43.3 Å². The Morgan fingerprint density at radius 2 is 1.76 bits per heavy atom. The fraction of sp³-hybridized carbons (Fsp3) is 0.500. The van der Waals surface area contributed by atoms with Crippen molar-refractivity contribution in [3.8, 4) is 11.5 Å². The number of nitrogen functional groups attached to an aromatic ring is 1. The first-order chi connectivity index (χ1) is 26.2. The standard InChI is InChI=1S/C30H40N8O15P2/c1-46-18-5-4-16(10-19(18)47-2)6-8-35-54(42,43)49-13-21-25(26(48-3)29(52-21)37-9-7-22(40)36-30(37)41)53-55(44,45)50-12-20-17(39)11-23(51-20)38-15-34-24-27(31)32-14-33-28(24)38/h4-5,7,9-10,14-15,17,20-21,23,25-26,29,39H,6,8,11-13H2,1-3H3,(H,44,45)(H2,31,32,33)(H2,35,42,43)(H,36,40,41)/p-2. The first-order valence-electron chi connectivity index (χ1n) is 16.5. The average Bonchev–Trinajstić information content (AvgIpc) is 3.84. The van der Waals surface area contributed by atoms with E-state index in [0.717, 1.165) is 22.4 Å². The number of phosphoric ester groups is 1. The number of hydrogen-bond donors (Lipinski definition) is 4. The van der Waals surface area contributed by atoms with Crippen molar-refractivity contribution in [1.82, 2.24) is 34.2 Å². The number of aliphatic hydroxyl groups excluding tert-OH is 1.